The van der Waals surface area contributed by atoms with Gasteiger partial charge in [0.2, 0.25) is 0 Å². The quantitative estimate of drug-likeness (QED) is 0.442. The van der Waals surface area contributed by atoms with Crippen LogP contribution >= 0.6 is 0 Å². The highest BCUT2D eigenvalue weighted by molar-refractivity contribution is 6.20. The van der Waals surface area contributed by atoms with Crippen molar-refractivity contribution in [3.05, 3.63) is 63.8 Å². The first kappa shape index (κ1) is 24.2. The zero-order chi connectivity index (χ0) is 25.7. The Morgan fingerprint density at radius 3 is 2.49 bits per heavy atom. The molecule has 2 aromatic carbocycles. The molecule has 0 atom stereocenters. The molecule has 2 heterocycles. The van der Waals surface area contributed by atoms with Gasteiger partial charge in [0, 0.05) is 58.4 Å². The number of nitrogens with one attached hydrogen (secondary N) is 2. The Kier molecular flexibility index (Phi) is 6.12. The van der Waals surface area contributed by atoms with Crippen molar-refractivity contribution in [1.29, 1.82) is 5.26 Å². The van der Waals surface area contributed by atoms with E-state index >= 15 is 0 Å². The molecule has 37 heavy (non-hydrogen) atoms. The third-order valence-corrected chi connectivity index (χ3v) is 9.21. The summed E-state index contributed by atoms with van der Waals surface area (Å²) in [6.07, 6.45) is 10.1. The van der Waals surface area contributed by atoms with Crippen molar-refractivity contribution in [3.8, 4) is 6.07 Å². The molecule has 1 saturated carbocycles. The number of carbonyl (C=O) groups is 1. The van der Waals surface area contributed by atoms with Crippen LogP contribution in [0.25, 0.3) is 10.9 Å². The molecule has 0 bridgehead atoms. The van der Waals surface area contributed by atoms with Crippen LogP contribution in [0.1, 0.15) is 104 Å². The molecule has 1 saturated heterocycles. The van der Waals surface area contributed by atoms with Gasteiger partial charge in [-0.3, -0.25) is 4.79 Å². The van der Waals surface area contributed by atoms with Gasteiger partial charge in [-0.25, -0.2) is 0 Å². The Morgan fingerprint density at radius 2 is 1.78 bits per heavy atom. The van der Waals surface area contributed by atoms with Gasteiger partial charge >= 0.3 is 0 Å². The normalized spacial score (nSPS) is 20.1. The summed E-state index contributed by atoms with van der Waals surface area (Å²) in [5.74, 6) is 0.0944. The molecule has 0 amide bonds. The van der Waals surface area contributed by atoms with E-state index in [4.69, 9.17) is 0 Å². The summed E-state index contributed by atoms with van der Waals surface area (Å²) in [6.45, 7) is 8.74. The lowest BCUT2D eigenvalue weighted by Gasteiger charge is -2.39. The summed E-state index contributed by atoms with van der Waals surface area (Å²) >= 11 is 0. The van der Waals surface area contributed by atoms with E-state index in [1.807, 2.05) is 12.1 Å². The number of hydrogen-bond acceptors (Lipinski definition) is 4. The van der Waals surface area contributed by atoms with E-state index in [0.29, 0.717) is 17.6 Å². The minimum Gasteiger partial charge on any atom is -0.371 e. The highest BCUT2D eigenvalue weighted by Crippen LogP contribution is 2.46. The van der Waals surface area contributed by atoms with Gasteiger partial charge in [0.15, 0.2) is 5.78 Å². The average molecular weight is 495 g/mol. The smallest absolute Gasteiger partial charge is 0.195 e. The second-order valence-electron chi connectivity index (χ2n) is 11.8. The molecule has 192 valence electrons. The fourth-order valence-electron chi connectivity index (χ4n) is 7.05. The van der Waals surface area contributed by atoms with Gasteiger partial charge in [0.05, 0.1) is 17.2 Å². The first-order valence-corrected chi connectivity index (χ1v) is 14.2. The molecule has 0 radical (unpaired) electrons. The number of nitrogens with zero attached hydrogens (tertiary/aromatic N) is 2. The number of aromatic amines is 1. The van der Waals surface area contributed by atoms with Crippen molar-refractivity contribution >= 4 is 22.4 Å². The third kappa shape index (κ3) is 4.07. The predicted octanol–water partition coefficient (Wildman–Crippen LogP) is 6.36. The van der Waals surface area contributed by atoms with E-state index < -0.39 is 0 Å². The first-order valence-electron chi connectivity index (χ1n) is 14.2. The van der Waals surface area contributed by atoms with Crippen molar-refractivity contribution in [2.45, 2.75) is 89.6 Å². The minimum atomic E-state index is -0.341. The van der Waals surface area contributed by atoms with Crippen LogP contribution in [0.2, 0.25) is 0 Å². The largest absolute Gasteiger partial charge is 0.371 e. The molecule has 0 unspecified atom stereocenters. The zero-order valence-electron chi connectivity index (χ0n) is 22.4. The molecule has 1 aromatic heterocycles. The summed E-state index contributed by atoms with van der Waals surface area (Å²) in [5.41, 5.74) is 7.34. The highest BCUT2D eigenvalue weighted by atomic mass is 16.1. The number of hydrogen-bond donors (Lipinski definition) is 2. The number of aryl methyl sites for hydroxylation is 1. The number of rotatable bonds is 4. The SMILES string of the molecule is CCc1cc2c(cc1N1CCC(NC3CCCCC3)CC1)C(C)(C)c1[nH]c3cc(C#N)ccc3c1C2=O. The van der Waals surface area contributed by atoms with Crippen LogP contribution in [-0.4, -0.2) is 35.9 Å². The molecular formula is C32H38N4O. The van der Waals surface area contributed by atoms with Crippen LogP contribution in [0.3, 0.4) is 0 Å². The lowest BCUT2D eigenvalue weighted by atomic mass is 9.70. The molecule has 5 heteroatoms. The average Bonchev–Trinajstić information content (AvgIpc) is 3.32. The summed E-state index contributed by atoms with van der Waals surface area (Å²) < 4.78 is 0. The van der Waals surface area contributed by atoms with Gasteiger partial charge < -0.3 is 15.2 Å². The fourth-order valence-corrected chi connectivity index (χ4v) is 7.05. The molecule has 2 N–H and O–H groups in total. The molecule has 1 aliphatic heterocycles. The second-order valence-corrected chi connectivity index (χ2v) is 11.8. The third-order valence-electron chi connectivity index (χ3n) is 9.21. The molecule has 2 aliphatic carbocycles. The maximum absolute atomic E-state index is 13.9. The van der Waals surface area contributed by atoms with Crippen LogP contribution in [-0.2, 0) is 11.8 Å². The monoisotopic (exact) mass is 494 g/mol. The number of ketones is 1. The maximum atomic E-state index is 13.9. The minimum absolute atomic E-state index is 0.0944. The number of H-pyrrole nitrogens is 1. The summed E-state index contributed by atoms with van der Waals surface area (Å²) in [5, 5.41) is 14.2. The maximum Gasteiger partial charge on any atom is 0.195 e. The van der Waals surface area contributed by atoms with Crippen LogP contribution in [0.5, 0.6) is 0 Å². The van der Waals surface area contributed by atoms with E-state index in [1.165, 1.54) is 56.2 Å². The summed E-state index contributed by atoms with van der Waals surface area (Å²) in [7, 11) is 0. The topological polar surface area (TPSA) is 71.9 Å². The van der Waals surface area contributed by atoms with Crippen LogP contribution in [0.15, 0.2) is 30.3 Å². The Hall–Kier alpha value is -3.10. The van der Waals surface area contributed by atoms with E-state index in [2.05, 4.69) is 54.2 Å². The van der Waals surface area contributed by atoms with Gasteiger partial charge in [-0.1, -0.05) is 46.1 Å². The number of carbonyl (C=O) groups excluding carboxylic acids is 1. The van der Waals surface area contributed by atoms with Gasteiger partial charge in [-0.2, -0.15) is 5.26 Å². The van der Waals surface area contributed by atoms with Crippen molar-refractivity contribution in [2.75, 3.05) is 18.0 Å². The van der Waals surface area contributed by atoms with Crippen molar-refractivity contribution in [2.24, 2.45) is 0 Å². The highest BCUT2D eigenvalue weighted by Gasteiger charge is 2.40. The number of piperidine rings is 1. The Labute approximate surface area is 220 Å². The van der Waals surface area contributed by atoms with Gasteiger partial charge in [0.25, 0.3) is 0 Å². The summed E-state index contributed by atoms with van der Waals surface area (Å²) in [6, 6.07) is 13.6. The predicted molar refractivity (Wildman–Crippen MR) is 150 cm³/mol. The zero-order valence-corrected chi connectivity index (χ0v) is 22.4. The van der Waals surface area contributed by atoms with Crippen LogP contribution in [0, 0.1) is 11.3 Å². The van der Waals surface area contributed by atoms with E-state index in [9.17, 15) is 10.1 Å². The summed E-state index contributed by atoms with van der Waals surface area (Å²) in [4.78, 5) is 20.0. The van der Waals surface area contributed by atoms with E-state index in [0.717, 1.165) is 52.8 Å². The molecule has 2 fully saturated rings. The molecule has 5 nitrogen and oxygen atoms in total. The number of benzene rings is 2. The molecule has 6 rings (SSSR count). The number of nitriles is 1. The number of fused-ring (bicyclic) bond motifs is 4. The number of anilines is 1. The van der Waals surface area contributed by atoms with E-state index in [-0.39, 0.29) is 11.2 Å². The van der Waals surface area contributed by atoms with Crippen molar-refractivity contribution < 1.29 is 4.79 Å². The second kappa shape index (κ2) is 9.33. The standard InChI is InChI=1S/C32H38N4O/c1-4-21-17-25-26(18-28(21)36-14-12-23(13-15-36)34-22-8-6-5-7-9-22)32(2,3)31-29(30(25)37)24-11-10-20(19-33)16-27(24)35-31/h10-11,16-18,22-23,34-35H,4-9,12-15H2,1-3H3. The Morgan fingerprint density at radius 1 is 1.05 bits per heavy atom. The Balaban J connectivity index is 1.32. The van der Waals surface area contributed by atoms with Crippen molar-refractivity contribution in [3.63, 3.8) is 0 Å². The lowest BCUT2D eigenvalue weighted by Crippen LogP contribution is -2.47. The molecule has 0 spiro atoms. The van der Waals surface area contributed by atoms with Gasteiger partial charge in [0.1, 0.15) is 0 Å². The fraction of sp³-hybridized carbons (Fsp3) is 0.500. The van der Waals surface area contributed by atoms with Gasteiger partial charge in [-0.05, 0) is 67.5 Å². The molecular weight excluding hydrogens is 456 g/mol. The molecule has 3 aliphatic rings. The molecule has 3 aromatic rings. The van der Waals surface area contributed by atoms with Crippen LogP contribution < -0.4 is 10.2 Å². The lowest BCUT2D eigenvalue weighted by molar-refractivity contribution is 0.103. The first-order chi connectivity index (χ1) is 17.9. The van der Waals surface area contributed by atoms with Crippen molar-refractivity contribution in [1.82, 2.24) is 10.3 Å². The van der Waals surface area contributed by atoms with E-state index in [1.54, 1.807) is 6.07 Å². The van der Waals surface area contributed by atoms with Crippen LogP contribution in [0.4, 0.5) is 5.69 Å². The number of aromatic nitrogens is 1. The Bertz CT molecular complexity index is 1390. The van der Waals surface area contributed by atoms with Gasteiger partial charge in [-0.15, -0.1) is 0 Å².